The minimum atomic E-state index is -4.04. The summed E-state index contributed by atoms with van der Waals surface area (Å²) in [6.07, 6.45) is -2.52. The molecular weight excluding hydrogens is 221 g/mol. The smallest absolute Gasteiger partial charge is 0.383 e. The van der Waals surface area contributed by atoms with Gasteiger partial charge in [-0.15, -0.1) is 0 Å². The van der Waals surface area contributed by atoms with E-state index in [1.54, 1.807) is 7.11 Å². The summed E-state index contributed by atoms with van der Waals surface area (Å²) in [5.74, 6) is 4.41. The summed E-state index contributed by atoms with van der Waals surface area (Å²) in [5, 5.41) is 0. The van der Waals surface area contributed by atoms with E-state index >= 15 is 0 Å². The van der Waals surface area contributed by atoms with Crippen LogP contribution in [-0.2, 0) is 4.74 Å². The molecule has 1 aliphatic rings. The van der Waals surface area contributed by atoms with Crippen molar-refractivity contribution in [3.05, 3.63) is 0 Å². The summed E-state index contributed by atoms with van der Waals surface area (Å²) in [4.78, 5) is 0. The lowest BCUT2D eigenvalue weighted by atomic mass is 9.78. The third-order valence-electron chi connectivity index (χ3n) is 3.36. The highest BCUT2D eigenvalue weighted by Crippen LogP contribution is 2.40. The third kappa shape index (κ3) is 3.61. The minimum absolute atomic E-state index is 0.0424. The zero-order valence-corrected chi connectivity index (χ0v) is 9.39. The fourth-order valence-corrected chi connectivity index (χ4v) is 2.35. The number of nitrogens with two attached hydrogens (primary N) is 1. The number of hydrazine groups is 1. The predicted octanol–water partition coefficient (Wildman–Crippen LogP) is 1.83. The molecule has 0 aromatic carbocycles. The summed E-state index contributed by atoms with van der Waals surface area (Å²) < 4.78 is 42.3. The summed E-state index contributed by atoms with van der Waals surface area (Å²) >= 11 is 0. The summed E-state index contributed by atoms with van der Waals surface area (Å²) in [7, 11) is 1.56. The molecule has 6 heteroatoms. The van der Waals surface area contributed by atoms with Gasteiger partial charge in [0.05, 0.1) is 12.5 Å². The largest absolute Gasteiger partial charge is 0.391 e. The second-order valence-corrected chi connectivity index (χ2v) is 4.38. The molecule has 16 heavy (non-hydrogen) atoms. The average molecular weight is 240 g/mol. The molecule has 1 saturated carbocycles. The van der Waals surface area contributed by atoms with E-state index in [0.717, 1.165) is 0 Å². The Labute approximate surface area is 93.5 Å². The molecule has 96 valence electrons. The molecule has 0 aromatic rings. The quantitative estimate of drug-likeness (QED) is 0.582. The summed E-state index contributed by atoms with van der Waals surface area (Å²) in [6.45, 7) is 0.442. The van der Waals surface area contributed by atoms with Crippen LogP contribution in [0.2, 0.25) is 0 Å². The van der Waals surface area contributed by atoms with Crippen LogP contribution < -0.4 is 11.3 Å². The molecule has 0 aliphatic heterocycles. The van der Waals surface area contributed by atoms with Crippen LogP contribution in [-0.4, -0.2) is 25.9 Å². The van der Waals surface area contributed by atoms with Crippen molar-refractivity contribution in [3.8, 4) is 0 Å². The fraction of sp³-hybridized carbons (Fsp3) is 1.00. The van der Waals surface area contributed by atoms with Crippen molar-refractivity contribution in [3.63, 3.8) is 0 Å². The van der Waals surface area contributed by atoms with Crippen molar-refractivity contribution in [1.29, 1.82) is 0 Å². The molecule has 1 unspecified atom stereocenters. The van der Waals surface area contributed by atoms with Crippen LogP contribution in [0.1, 0.15) is 25.7 Å². The number of alkyl halides is 3. The highest BCUT2D eigenvalue weighted by Gasteiger charge is 2.42. The monoisotopic (exact) mass is 240 g/mol. The van der Waals surface area contributed by atoms with Crippen molar-refractivity contribution in [1.82, 2.24) is 5.43 Å². The topological polar surface area (TPSA) is 47.3 Å². The van der Waals surface area contributed by atoms with E-state index in [2.05, 4.69) is 5.43 Å². The molecule has 0 heterocycles. The maximum atomic E-state index is 12.4. The molecule has 1 fully saturated rings. The SMILES string of the molecule is COCC(NN)C1CCC(C(F)(F)F)CC1. The summed E-state index contributed by atoms with van der Waals surface area (Å²) in [6, 6.07) is -0.0424. The lowest BCUT2D eigenvalue weighted by molar-refractivity contribution is -0.184. The first-order valence-corrected chi connectivity index (χ1v) is 5.50. The Hall–Kier alpha value is -0.330. The van der Waals surface area contributed by atoms with Crippen LogP contribution in [0.3, 0.4) is 0 Å². The van der Waals surface area contributed by atoms with E-state index < -0.39 is 12.1 Å². The molecule has 3 N–H and O–H groups in total. The van der Waals surface area contributed by atoms with E-state index in [-0.39, 0.29) is 24.8 Å². The van der Waals surface area contributed by atoms with Crippen LogP contribution in [0.5, 0.6) is 0 Å². The Balaban J connectivity index is 2.41. The van der Waals surface area contributed by atoms with Crippen molar-refractivity contribution >= 4 is 0 Å². The number of halogens is 3. The molecule has 0 spiro atoms. The molecule has 0 aromatic heterocycles. The molecule has 0 saturated heterocycles. The lowest BCUT2D eigenvalue weighted by Crippen LogP contribution is -2.45. The first kappa shape index (κ1) is 13.7. The van der Waals surface area contributed by atoms with Gasteiger partial charge in [-0.05, 0) is 31.6 Å². The van der Waals surface area contributed by atoms with Gasteiger partial charge in [-0.1, -0.05) is 0 Å². The Morgan fingerprint density at radius 1 is 1.31 bits per heavy atom. The Bertz CT molecular complexity index is 203. The third-order valence-corrected chi connectivity index (χ3v) is 3.36. The van der Waals surface area contributed by atoms with Crippen LogP contribution in [0.25, 0.3) is 0 Å². The van der Waals surface area contributed by atoms with Crippen LogP contribution in [0.15, 0.2) is 0 Å². The van der Waals surface area contributed by atoms with Gasteiger partial charge in [-0.2, -0.15) is 13.2 Å². The second-order valence-electron chi connectivity index (χ2n) is 4.38. The van der Waals surface area contributed by atoms with E-state index in [0.29, 0.717) is 19.4 Å². The highest BCUT2D eigenvalue weighted by atomic mass is 19.4. The predicted molar refractivity (Wildman–Crippen MR) is 54.5 cm³/mol. The zero-order chi connectivity index (χ0) is 12.2. The fourth-order valence-electron chi connectivity index (χ4n) is 2.35. The van der Waals surface area contributed by atoms with Gasteiger partial charge < -0.3 is 4.74 Å². The molecule has 0 bridgehead atoms. The minimum Gasteiger partial charge on any atom is -0.383 e. The van der Waals surface area contributed by atoms with E-state index in [1.165, 1.54) is 0 Å². The van der Waals surface area contributed by atoms with Gasteiger partial charge in [0.15, 0.2) is 0 Å². The van der Waals surface area contributed by atoms with Gasteiger partial charge in [0, 0.05) is 13.2 Å². The standard InChI is InChI=1S/C10H19F3N2O/c1-16-6-9(15-14)7-2-4-8(5-3-7)10(11,12)13/h7-9,15H,2-6,14H2,1H3. The van der Waals surface area contributed by atoms with Gasteiger partial charge in [0.1, 0.15) is 0 Å². The average Bonchev–Trinajstić information content (AvgIpc) is 2.25. The molecule has 1 rings (SSSR count). The maximum Gasteiger partial charge on any atom is 0.391 e. The van der Waals surface area contributed by atoms with Crippen molar-refractivity contribution in [2.75, 3.05) is 13.7 Å². The maximum absolute atomic E-state index is 12.4. The van der Waals surface area contributed by atoms with Crippen molar-refractivity contribution in [2.24, 2.45) is 17.7 Å². The Morgan fingerprint density at radius 3 is 2.25 bits per heavy atom. The molecule has 0 amide bonds. The second kappa shape index (κ2) is 5.84. The summed E-state index contributed by atoms with van der Waals surface area (Å²) in [5.41, 5.74) is 2.62. The van der Waals surface area contributed by atoms with Crippen LogP contribution in [0.4, 0.5) is 13.2 Å². The first-order chi connectivity index (χ1) is 7.49. The molecule has 0 radical (unpaired) electrons. The van der Waals surface area contributed by atoms with Gasteiger partial charge in [0.25, 0.3) is 0 Å². The number of hydrogen-bond acceptors (Lipinski definition) is 3. The number of rotatable bonds is 4. The number of nitrogens with one attached hydrogen (secondary N) is 1. The van der Waals surface area contributed by atoms with Crippen LogP contribution >= 0.6 is 0 Å². The Kier molecular flexibility index (Phi) is 5.01. The van der Waals surface area contributed by atoms with Gasteiger partial charge in [-0.3, -0.25) is 11.3 Å². The first-order valence-electron chi connectivity index (χ1n) is 5.50. The van der Waals surface area contributed by atoms with Gasteiger partial charge >= 0.3 is 6.18 Å². The van der Waals surface area contributed by atoms with Gasteiger partial charge in [-0.25, -0.2) is 0 Å². The number of ether oxygens (including phenoxy) is 1. The van der Waals surface area contributed by atoms with Gasteiger partial charge in [0.2, 0.25) is 0 Å². The lowest BCUT2D eigenvalue weighted by Gasteiger charge is -2.33. The molecule has 1 atom stereocenters. The van der Waals surface area contributed by atoms with E-state index in [4.69, 9.17) is 10.6 Å². The highest BCUT2D eigenvalue weighted by molar-refractivity contribution is 4.83. The number of methoxy groups -OCH3 is 1. The van der Waals surface area contributed by atoms with Crippen LogP contribution in [0, 0.1) is 11.8 Å². The molecule has 1 aliphatic carbocycles. The van der Waals surface area contributed by atoms with E-state index in [1.807, 2.05) is 0 Å². The van der Waals surface area contributed by atoms with E-state index in [9.17, 15) is 13.2 Å². The zero-order valence-electron chi connectivity index (χ0n) is 9.39. The normalized spacial score (nSPS) is 29.1. The molecule has 3 nitrogen and oxygen atoms in total. The molecular formula is C10H19F3N2O. The number of hydrogen-bond donors (Lipinski definition) is 2. The Morgan fingerprint density at radius 2 is 1.88 bits per heavy atom. The van der Waals surface area contributed by atoms with Crippen molar-refractivity contribution in [2.45, 2.75) is 37.9 Å². The van der Waals surface area contributed by atoms with Crippen molar-refractivity contribution < 1.29 is 17.9 Å².